The van der Waals surface area contributed by atoms with E-state index in [2.05, 4.69) is 9.88 Å². The van der Waals surface area contributed by atoms with Crippen molar-refractivity contribution in [1.82, 2.24) is 4.98 Å². The smallest absolute Gasteiger partial charge is 0.270 e. The predicted octanol–water partition coefficient (Wildman–Crippen LogP) is 4.04. The molecule has 2 aliphatic rings. The van der Waals surface area contributed by atoms with Crippen LogP contribution >= 0.6 is 11.8 Å². The van der Waals surface area contributed by atoms with Crippen molar-refractivity contribution < 1.29 is 14.4 Å². The Hall–Kier alpha value is -3.30. The van der Waals surface area contributed by atoms with Gasteiger partial charge in [0.2, 0.25) is 5.56 Å². The molecule has 8 nitrogen and oxygen atoms in total. The van der Waals surface area contributed by atoms with Crippen molar-refractivity contribution in [1.29, 1.82) is 0 Å². The number of nitrogens with zero attached hydrogens (tertiary/aromatic N) is 2. The van der Waals surface area contributed by atoms with Crippen molar-refractivity contribution in [2.75, 3.05) is 31.2 Å². The van der Waals surface area contributed by atoms with Gasteiger partial charge in [0.1, 0.15) is 5.75 Å². The molecule has 0 bridgehead atoms. The molecule has 0 spiro atoms. The summed E-state index contributed by atoms with van der Waals surface area (Å²) < 4.78 is 11.5. The van der Waals surface area contributed by atoms with E-state index in [0.717, 1.165) is 29.2 Å². The van der Waals surface area contributed by atoms with Crippen molar-refractivity contribution >= 4 is 23.1 Å². The average molecular weight is 423 g/mol. The van der Waals surface area contributed by atoms with E-state index in [1.807, 2.05) is 24.3 Å². The van der Waals surface area contributed by atoms with Gasteiger partial charge < -0.3 is 19.4 Å². The Bertz CT molecular complexity index is 1200. The van der Waals surface area contributed by atoms with Gasteiger partial charge in [-0.1, -0.05) is 17.8 Å². The zero-order valence-corrected chi connectivity index (χ0v) is 16.6. The highest BCUT2D eigenvalue weighted by Gasteiger charge is 2.24. The second-order valence-corrected chi connectivity index (χ2v) is 8.02. The first kappa shape index (κ1) is 18.7. The van der Waals surface area contributed by atoms with E-state index < -0.39 is 4.92 Å². The highest BCUT2D eigenvalue weighted by atomic mass is 32.2. The van der Waals surface area contributed by atoms with Crippen LogP contribution in [0.4, 0.5) is 11.4 Å². The molecule has 1 saturated heterocycles. The summed E-state index contributed by atoms with van der Waals surface area (Å²) in [6.45, 7) is 2.72. The normalized spacial score (nSPS) is 15.1. The van der Waals surface area contributed by atoms with Crippen LogP contribution < -0.4 is 15.2 Å². The molecule has 0 saturated carbocycles. The highest BCUT2D eigenvalue weighted by Crippen LogP contribution is 2.51. The number of hydrogen-bond acceptors (Lipinski definition) is 7. The number of pyridine rings is 1. The van der Waals surface area contributed by atoms with Crippen LogP contribution in [0.25, 0.3) is 11.3 Å². The van der Waals surface area contributed by atoms with E-state index in [1.54, 1.807) is 12.1 Å². The maximum Gasteiger partial charge on any atom is 0.270 e. The number of benzene rings is 2. The number of nitro groups is 1. The lowest BCUT2D eigenvalue weighted by Gasteiger charge is -2.29. The monoisotopic (exact) mass is 423 g/mol. The fourth-order valence-corrected chi connectivity index (χ4v) is 4.61. The van der Waals surface area contributed by atoms with Gasteiger partial charge in [0.05, 0.1) is 33.6 Å². The van der Waals surface area contributed by atoms with Gasteiger partial charge in [-0.05, 0) is 24.3 Å². The van der Waals surface area contributed by atoms with Gasteiger partial charge in [-0.25, -0.2) is 0 Å². The molecule has 1 N–H and O–H groups in total. The van der Waals surface area contributed by atoms with E-state index in [1.165, 1.54) is 23.9 Å². The van der Waals surface area contributed by atoms with Gasteiger partial charge in [-0.2, -0.15) is 0 Å². The number of nitrogens with one attached hydrogen (secondary N) is 1. The number of non-ortho nitro benzene ring substituents is 1. The maximum atomic E-state index is 12.4. The maximum absolute atomic E-state index is 12.4. The summed E-state index contributed by atoms with van der Waals surface area (Å²) in [6, 6.07) is 13.7. The van der Waals surface area contributed by atoms with Crippen molar-refractivity contribution in [3.63, 3.8) is 0 Å². The van der Waals surface area contributed by atoms with Crippen LogP contribution in [-0.4, -0.2) is 36.2 Å². The number of nitro benzene ring substituents is 1. The molecule has 2 aromatic carbocycles. The zero-order chi connectivity index (χ0) is 20.7. The molecule has 3 aromatic rings. The molecule has 1 aromatic heterocycles. The van der Waals surface area contributed by atoms with Crippen LogP contribution in [0.2, 0.25) is 0 Å². The number of H-pyrrole nitrogens is 1. The quantitative estimate of drug-likeness (QED) is 0.392. The Morgan fingerprint density at radius 3 is 2.70 bits per heavy atom. The van der Waals surface area contributed by atoms with E-state index in [9.17, 15) is 14.9 Å². The largest absolute Gasteiger partial charge is 0.454 e. The Labute approximate surface area is 175 Å². The second kappa shape index (κ2) is 7.51. The minimum atomic E-state index is -0.422. The summed E-state index contributed by atoms with van der Waals surface area (Å²) in [4.78, 5) is 29.6. The van der Waals surface area contributed by atoms with E-state index in [4.69, 9.17) is 9.47 Å². The van der Waals surface area contributed by atoms with Crippen molar-refractivity contribution in [3.8, 4) is 22.8 Å². The van der Waals surface area contributed by atoms with E-state index >= 15 is 0 Å². The molecule has 2 aliphatic heterocycles. The van der Waals surface area contributed by atoms with Crippen molar-refractivity contribution in [2.45, 2.75) is 9.79 Å². The van der Waals surface area contributed by atoms with Crippen LogP contribution in [0.15, 0.2) is 63.1 Å². The number of morpholine rings is 1. The molecular formula is C21H17N3O5S. The fourth-order valence-electron chi connectivity index (χ4n) is 3.59. The minimum absolute atomic E-state index is 0.0204. The summed E-state index contributed by atoms with van der Waals surface area (Å²) >= 11 is 1.41. The highest BCUT2D eigenvalue weighted by molar-refractivity contribution is 7.99. The number of hydrogen-bond donors (Lipinski definition) is 1. The first-order valence-corrected chi connectivity index (χ1v) is 10.2. The van der Waals surface area contributed by atoms with Gasteiger partial charge in [0.15, 0.2) is 5.75 Å². The average Bonchev–Trinajstić information content (AvgIpc) is 2.77. The molecule has 30 heavy (non-hydrogen) atoms. The van der Waals surface area contributed by atoms with Crippen LogP contribution in [-0.2, 0) is 4.74 Å². The third kappa shape index (κ3) is 3.42. The minimum Gasteiger partial charge on any atom is -0.454 e. The topological polar surface area (TPSA) is 97.7 Å². The number of ether oxygens (including phenoxy) is 2. The molecule has 5 rings (SSSR count). The van der Waals surface area contributed by atoms with Crippen LogP contribution in [0.3, 0.4) is 0 Å². The molecule has 0 aliphatic carbocycles. The molecule has 0 unspecified atom stereocenters. The standard InChI is InChI=1S/C21H17N3O5S/c25-20-12-14(23-6-8-28-9-7-23)10-16(22-20)15-2-1-3-18-21(15)29-17-5-4-13(24(26)27)11-19(17)30-18/h1-5,10-12H,6-9H2,(H,22,25). The fraction of sp³-hybridized carbons (Fsp3) is 0.190. The number of fused-ring (bicyclic) bond motifs is 2. The Kier molecular flexibility index (Phi) is 4.68. The molecule has 0 atom stereocenters. The van der Waals surface area contributed by atoms with Crippen molar-refractivity contribution in [3.05, 3.63) is 69.0 Å². The number of para-hydroxylation sites is 1. The lowest BCUT2D eigenvalue weighted by atomic mass is 10.1. The van der Waals surface area contributed by atoms with E-state index in [0.29, 0.717) is 35.3 Å². The Morgan fingerprint density at radius 2 is 1.90 bits per heavy atom. The predicted molar refractivity (Wildman–Crippen MR) is 113 cm³/mol. The summed E-state index contributed by atoms with van der Waals surface area (Å²) in [5.74, 6) is 1.18. The lowest BCUT2D eigenvalue weighted by Crippen LogP contribution is -2.36. The van der Waals surface area contributed by atoms with Gasteiger partial charge in [-0.3, -0.25) is 14.9 Å². The summed E-state index contributed by atoms with van der Waals surface area (Å²) in [7, 11) is 0. The molecule has 3 heterocycles. The number of aromatic nitrogens is 1. The first-order chi connectivity index (χ1) is 14.6. The summed E-state index contributed by atoms with van der Waals surface area (Å²) in [5.41, 5.74) is 2.09. The molecule has 9 heteroatoms. The lowest BCUT2D eigenvalue weighted by molar-refractivity contribution is -0.385. The van der Waals surface area contributed by atoms with Crippen LogP contribution in [0.1, 0.15) is 0 Å². The third-order valence-corrected chi connectivity index (χ3v) is 6.12. The van der Waals surface area contributed by atoms with Gasteiger partial charge in [0.25, 0.3) is 5.69 Å². The van der Waals surface area contributed by atoms with Crippen LogP contribution in [0.5, 0.6) is 11.5 Å². The Balaban J connectivity index is 1.55. The molecule has 0 amide bonds. The van der Waals surface area contributed by atoms with Gasteiger partial charge in [-0.15, -0.1) is 0 Å². The van der Waals surface area contributed by atoms with Gasteiger partial charge in [0, 0.05) is 42.5 Å². The molecule has 1 fully saturated rings. The number of anilines is 1. The third-order valence-electron chi connectivity index (χ3n) is 5.04. The van der Waals surface area contributed by atoms with Gasteiger partial charge >= 0.3 is 0 Å². The number of aromatic amines is 1. The van der Waals surface area contributed by atoms with Crippen molar-refractivity contribution in [2.24, 2.45) is 0 Å². The molecule has 0 radical (unpaired) electrons. The van der Waals surface area contributed by atoms with Crippen LogP contribution in [0, 0.1) is 10.1 Å². The second-order valence-electron chi connectivity index (χ2n) is 6.94. The van der Waals surface area contributed by atoms with E-state index in [-0.39, 0.29) is 11.2 Å². The summed E-state index contributed by atoms with van der Waals surface area (Å²) in [6.07, 6.45) is 0. The zero-order valence-electron chi connectivity index (χ0n) is 15.8. The molecule has 152 valence electrons. The summed E-state index contributed by atoms with van der Waals surface area (Å²) in [5, 5.41) is 11.1. The first-order valence-electron chi connectivity index (χ1n) is 9.43. The molecular weight excluding hydrogens is 406 g/mol. The number of rotatable bonds is 3. The SMILES string of the molecule is O=c1cc(N2CCOCC2)cc(-c2cccc3c2Oc2ccc([N+](=O)[O-])cc2S3)[nH]1. The Morgan fingerprint density at radius 1 is 1.07 bits per heavy atom.